The maximum absolute atomic E-state index is 12.2. The lowest BCUT2D eigenvalue weighted by atomic mass is 9.96. The molecule has 1 rings (SSSR count). The summed E-state index contributed by atoms with van der Waals surface area (Å²) in [5.74, 6) is -1.79. The number of morpholine rings is 1. The summed E-state index contributed by atoms with van der Waals surface area (Å²) in [6.07, 6.45) is 0.894. The van der Waals surface area contributed by atoms with Crippen molar-refractivity contribution in [2.75, 3.05) is 19.8 Å². The van der Waals surface area contributed by atoms with Crippen LogP contribution in [0.5, 0.6) is 0 Å². The van der Waals surface area contributed by atoms with E-state index in [1.165, 1.54) is 11.8 Å². The molecule has 1 aliphatic heterocycles. The topological polar surface area (TPSA) is 122 Å². The number of urea groups is 1. The number of hydrogen-bond acceptors (Lipinski definition) is 4. The van der Waals surface area contributed by atoms with E-state index in [4.69, 9.17) is 10.5 Å². The third kappa shape index (κ3) is 3.60. The second-order valence-corrected chi connectivity index (χ2v) is 5.00. The summed E-state index contributed by atoms with van der Waals surface area (Å²) < 4.78 is 5.11. The summed E-state index contributed by atoms with van der Waals surface area (Å²) in [5, 5.41) is 11.7. The molecule has 0 aromatic heterocycles. The number of aliphatic carboxylic acids is 1. The maximum Gasteiger partial charge on any atom is 0.329 e. The van der Waals surface area contributed by atoms with Crippen molar-refractivity contribution in [1.82, 2.24) is 10.2 Å². The number of carbonyl (C=O) groups is 3. The van der Waals surface area contributed by atoms with Gasteiger partial charge in [-0.1, -0.05) is 13.3 Å². The fourth-order valence-corrected chi connectivity index (χ4v) is 2.11. The number of ether oxygens (including phenoxy) is 1. The van der Waals surface area contributed by atoms with Crippen LogP contribution in [-0.2, 0) is 14.3 Å². The van der Waals surface area contributed by atoms with Gasteiger partial charge >= 0.3 is 12.0 Å². The molecule has 0 saturated carbocycles. The van der Waals surface area contributed by atoms with Crippen LogP contribution in [0.3, 0.4) is 0 Å². The minimum Gasteiger partial charge on any atom is -0.480 e. The molecule has 0 aliphatic carbocycles. The first-order valence-electron chi connectivity index (χ1n) is 6.51. The Balaban J connectivity index is 2.82. The Kier molecular flexibility index (Phi) is 5.32. The summed E-state index contributed by atoms with van der Waals surface area (Å²) in [6, 6.07) is -1.49. The molecule has 0 radical (unpaired) electrons. The predicted octanol–water partition coefficient (Wildman–Crippen LogP) is -0.474. The Morgan fingerprint density at radius 2 is 2.15 bits per heavy atom. The third-order valence-electron chi connectivity index (χ3n) is 3.32. The summed E-state index contributed by atoms with van der Waals surface area (Å²) >= 11 is 0. The summed E-state index contributed by atoms with van der Waals surface area (Å²) in [4.78, 5) is 36.0. The monoisotopic (exact) mass is 287 g/mol. The number of nitrogens with zero attached hydrogens (tertiary/aromatic N) is 1. The zero-order valence-corrected chi connectivity index (χ0v) is 11.7. The van der Waals surface area contributed by atoms with Gasteiger partial charge in [-0.15, -0.1) is 0 Å². The molecule has 0 aromatic carbocycles. The van der Waals surface area contributed by atoms with Crippen LogP contribution in [-0.4, -0.2) is 59.3 Å². The molecule has 2 atom stereocenters. The van der Waals surface area contributed by atoms with Gasteiger partial charge < -0.3 is 25.8 Å². The fourth-order valence-electron chi connectivity index (χ4n) is 2.11. The van der Waals surface area contributed by atoms with Gasteiger partial charge in [-0.05, 0) is 13.3 Å². The zero-order valence-electron chi connectivity index (χ0n) is 11.7. The van der Waals surface area contributed by atoms with E-state index in [2.05, 4.69) is 5.32 Å². The van der Waals surface area contributed by atoms with Crippen molar-refractivity contribution in [3.63, 3.8) is 0 Å². The first-order chi connectivity index (χ1) is 9.31. The van der Waals surface area contributed by atoms with Crippen LogP contribution >= 0.6 is 0 Å². The van der Waals surface area contributed by atoms with Crippen molar-refractivity contribution < 1.29 is 24.2 Å². The SMILES string of the molecule is CCCC(C)(NC(=O)N1CCOCC1C(N)=O)C(=O)O. The highest BCUT2D eigenvalue weighted by Gasteiger charge is 2.38. The molecule has 2 unspecified atom stereocenters. The second-order valence-electron chi connectivity index (χ2n) is 5.00. The van der Waals surface area contributed by atoms with E-state index < -0.39 is 29.5 Å². The molecular weight excluding hydrogens is 266 g/mol. The average Bonchev–Trinajstić information content (AvgIpc) is 2.38. The highest BCUT2D eigenvalue weighted by atomic mass is 16.5. The quantitative estimate of drug-likeness (QED) is 0.630. The van der Waals surface area contributed by atoms with Crippen molar-refractivity contribution in [1.29, 1.82) is 0 Å². The molecule has 8 nitrogen and oxygen atoms in total. The van der Waals surface area contributed by atoms with E-state index in [1.807, 2.05) is 6.92 Å². The molecule has 0 bridgehead atoms. The van der Waals surface area contributed by atoms with Crippen molar-refractivity contribution in [2.24, 2.45) is 5.73 Å². The Morgan fingerprint density at radius 3 is 2.65 bits per heavy atom. The van der Waals surface area contributed by atoms with Gasteiger partial charge in [0, 0.05) is 6.54 Å². The molecule has 1 saturated heterocycles. The lowest BCUT2D eigenvalue weighted by Crippen LogP contribution is -2.62. The van der Waals surface area contributed by atoms with Crippen LogP contribution in [0.2, 0.25) is 0 Å². The molecule has 0 spiro atoms. The van der Waals surface area contributed by atoms with Crippen molar-refractivity contribution in [2.45, 2.75) is 38.3 Å². The van der Waals surface area contributed by atoms with Crippen LogP contribution in [0.25, 0.3) is 0 Å². The first kappa shape index (κ1) is 16.2. The Hall–Kier alpha value is -1.83. The van der Waals surface area contributed by atoms with Gasteiger partial charge in [0.1, 0.15) is 11.6 Å². The molecular formula is C12H21N3O5. The fraction of sp³-hybridized carbons (Fsp3) is 0.750. The number of carboxylic acids is 1. The normalized spacial score (nSPS) is 21.9. The van der Waals surface area contributed by atoms with Gasteiger partial charge in [-0.2, -0.15) is 0 Å². The van der Waals surface area contributed by atoms with Gasteiger partial charge in [0.2, 0.25) is 5.91 Å². The molecule has 0 aromatic rings. The number of nitrogens with one attached hydrogen (secondary N) is 1. The average molecular weight is 287 g/mol. The van der Waals surface area contributed by atoms with Crippen LogP contribution in [0.4, 0.5) is 4.79 Å². The molecule has 1 aliphatic rings. The minimum absolute atomic E-state index is 0.0281. The predicted molar refractivity (Wildman–Crippen MR) is 70.0 cm³/mol. The van der Waals surface area contributed by atoms with Crippen molar-refractivity contribution >= 4 is 17.9 Å². The van der Waals surface area contributed by atoms with E-state index in [1.54, 1.807) is 0 Å². The molecule has 20 heavy (non-hydrogen) atoms. The van der Waals surface area contributed by atoms with E-state index in [-0.39, 0.29) is 19.8 Å². The zero-order chi connectivity index (χ0) is 15.3. The van der Waals surface area contributed by atoms with E-state index in [0.717, 1.165) is 0 Å². The number of rotatable bonds is 5. The lowest BCUT2D eigenvalue weighted by Gasteiger charge is -2.36. The number of hydrogen-bond donors (Lipinski definition) is 3. The van der Waals surface area contributed by atoms with Gasteiger partial charge in [-0.3, -0.25) is 4.79 Å². The number of amides is 3. The van der Waals surface area contributed by atoms with Crippen LogP contribution in [0.1, 0.15) is 26.7 Å². The van der Waals surface area contributed by atoms with Gasteiger partial charge in [-0.25, -0.2) is 9.59 Å². The number of carboxylic acid groups (broad SMARTS) is 1. The van der Waals surface area contributed by atoms with Crippen molar-refractivity contribution in [3.8, 4) is 0 Å². The van der Waals surface area contributed by atoms with E-state index in [9.17, 15) is 19.5 Å². The van der Waals surface area contributed by atoms with Crippen LogP contribution in [0, 0.1) is 0 Å². The third-order valence-corrected chi connectivity index (χ3v) is 3.32. The molecule has 3 amide bonds. The smallest absolute Gasteiger partial charge is 0.329 e. The van der Waals surface area contributed by atoms with Crippen LogP contribution in [0.15, 0.2) is 0 Å². The highest BCUT2D eigenvalue weighted by molar-refractivity contribution is 5.89. The molecule has 114 valence electrons. The number of nitrogens with two attached hydrogens (primary N) is 1. The van der Waals surface area contributed by atoms with E-state index in [0.29, 0.717) is 12.8 Å². The standard InChI is InChI=1S/C12H21N3O5/c1-3-4-12(2,10(17)18)14-11(19)15-5-6-20-7-8(15)9(13)16/h8H,3-7H2,1-2H3,(H2,13,16)(H,14,19)(H,17,18). The number of carbonyl (C=O) groups excluding carboxylic acids is 2. The molecule has 1 heterocycles. The first-order valence-corrected chi connectivity index (χ1v) is 6.51. The molecule has 1 fully saturated rings. The van der Waals surface area contributed by atoms with Crippen molar-refractivity contribution in [3.05, 3.63) is 0 Å². The second kappa shape index (κ2) is 6.56. The van der Waals surface area contributed by atoms with Gasteiger partial charge in [0.05, 0.1) is 13.2 Å². The summed E-state index contributed by atoms with van der Waals surface area (Å²) in [6.45, 7) is 3.78. The Bertz CT molecular complexity index is 401. The molecule has 4 N–H and O–H groups in total. The highest BCUT2D eigenvalue weighted by Crippen LogP contribution is 2.15. The van der Waals surface area contributed by atoms with Gasteiger partial charge in [0.25, 0.3) is 0 Å². The summed E-state index contributed by atoms with van der Waals surface area (Å²) in [5.41, 5.74) is 3.85. The Morgan fingerprint density at radius 1 is 1.50 bits per heavy atom. The lowest BCUT2D eigenvalue weighted by molar-refractivity contribution is -0.144. The van der Waals surface area contributed by atoms with Gasteiger partial charge in [0.15, 0.2) is 0 Å². The maximum atomic E-state index is 12.2. The van der Waals surface area contributed by atoms with E-state index >= 15 is 0 Å². The largest absolute Gasteiger partial charge is 0.480 e. The molecule has 8 heteroatoms. The minimum atomic E-state index is -1.37. The summed E-state index contributed by atoms with van der Waals surface area (Å²) in [7, 11) is 0. The number of primary amides is 1. The Labute approximate surface area is 117 Å². The van der Waals surface area contributed by atoms with Crippen LogP contribution < -0.4 is 11.1 Å².